The van der Waals surface area contributed by atoms with Crippen LogP contribution in [0.3, 0.4) is 0 Å². The summed E-state index contributed by atoms with van der Waals surface area (Å²) >= 11 is 0. The van der Waals surface area contributed by atoms with Gasteiger partial charge >= 0.3 is 0 Å². The fourth-order valence-corrected chi connectivity index (χ4v) is 2.07. The molecule has 1 aliphatic rings. The quantitative estimate of drug-likeness (QED) is 0.795. The fraction of sp³-hybridized carbons (Fsp3) is 0.143. The molecule has 1 heterocycles. The van der Waals surface area contributed by atoms with Gasteiger partial charge in [0.05, 0.1) is 6.67 Å². The fourth-order valence-electron chi connectivity index (χ4n) is 2.07. The number of hydrogen-bond acceptors (Lipinski definition) is 2. The minimum absolute atomic E-state index is 0.850. The largest absolute Gasteiger partial charge is 0.372 e. The van der Waals surface area contributed by atoms with E-state index in [1.54, 1.807) is 0 Å². The van der Waals surface area contributed by atoms with Crippen LogP contribution >= 0.6 is 0 Å². The van der Waals surface area contributed by atoms with Crippen molar-refractivity contribution in [3.8, 4) is 0 Å². The summed E-state index contributed by atoms with van der Waals surface area (Å²) < 4.78 is 0. The molecule has 3 rings (SSSR count). The molecule has 0 aromatic heterocycles. The maximum Gasteiger partial charge on any atom is 0.0843 e. The van der Waals surface area contributed by atoms with Gasteiger partial charge in [-0.2, -0.15) is 0 Å². The normalized spacial score (nSPS) is 14.4. The van der Waals surface area contributed by atoms with E-state index in [9.17, 15) is 0 Å². The minimum Gasteiger partial charge on any atom is -0.372 e. The van der Waals surface area contributed by atoms with Crippen molar-refractivity contribution >= 4 is 10.8 Å². The number of nitrogens with one attached hydrogen (secondary N) is 2. The van der Waals surface area contributed by atoms with Gasteiger partial charge in [0.15, 0.2) is 0 Å². The van der Waals surface area contributed by atoms with Crippen LogP contribution in [-0.4, -0.2) is 6.67 Å². The number of rotatable bonds is 2. The van der Waals surface area contributed by atoms with Gasteiger partial charge in [-0.25, -0.2) is 0 Å². The standard InChI is InChI=1S/C14H14N2/c1-2-4-13-7-11(5-6-12(13)3-1)8-14-9-15-10-16-14/h1-7,9,15-16H,8,10H2. The molecule has 0 aliphatic carbocycles. The van der Waals surface area contributed by atoms with Gasteiger partial charge in [-0.1, -0.05) is 42.5 Å². The van der Waals surface area contributed by atoms with E-state index in [2.05, 4.69) is 59.3 Å². The molecule has 2 nitrogen and oxygen atoms in total. The smallest absolute Gasteiger partial charge is 0.0843 e. The highest BCUT2D eigenvalue weighted by molar-refractivity contribution is 5.83. The van der Waals surface area contributed by atoms with Gasteiger partial charge in [-0.3, -0.25) is 0 Å². The van der Waals surface area contributed by atoms with Crippen molar-refractivity contribution in [2.45, 2.75) is 6.42 Å². The van der Waals surface area contributed by atoms with Gasteiger partial charge < -0.3 is 10.6 Å². The maximum atomic E-state index is 3.30. The third-order valence-electron chi connectivity index (χ3n) is 2.90. The molecule has 16 heavy (non-hydrogen) atoms. The van der Waals surface area contributed by atoms with Crippen molar-refractivity contribution in [2.75, 3.05) is 6.67 Å². The van der Waals surface area contributed by atoms with Gasteiger partial charge in [0.25, 0.3) is 0 Å². The minimum atomic E-state index is 0.850. The van der Waals surface area contributed by atoms with Gasteiger partial charge in [-0.15, -0.1) is 0 Å². The number of hydrogen-bond donors (Lipinski definition) is 2. The molecule has 2 aromatic carbocycles. The predicted octanol–water partition coefficient (Wildman–Crippen LogP) is 2.37. The zero-order valence-electron chi connectivity index (χ0n) is 9.03. The van der Waals surface area contributed by atoms with Crippen LogP contribution in [0.2, 0.25) is 0 Å². The lowest BCUT2D eigenvalue weighted by Crippen LogP contribution is -2.15. The van der Waals surface area contributed by atoms with Crippen LogP contribution in [0.15, 0.2) is 54.4 Å². The van der Waals surface area contributed by atoms with E-state index >= 15 is 0 Å². The first-order chi connectivity index (χ1) is 7.92. The Balaban J connectivity index is 1.92. The second-order valence-electron chi connectivity index (χ2n) is 4.09. The van der Waals surface area contributed by atoms with E-state index in [0.29, 0.717) is 0 Å². The maximum absolute atomic E-state index is 3.30. The molecule has 0 saturated carbocycles. The highest BCUT2D eigenvalue weighted by Gasteiger charge is 2.03. The van der Waals surface area contributed by atoms with Crippen LogP contribution in [0.4, 0.5) is 0 Å². The molecular formula is C14H14N2. The number of allylic oxidation sites excluding steroid dienone is 1. The Bertz CT molecular complexity index is 543. The van der Waals surface area contributed by atoms with Gasteiger partial charge in [0.2, 0.25) is 0 Å². The highest BCUT2D eigenvalue weighted by Crippen LogP contribution is 2.17. The Kier molecular flexibility index (Phi) is 2.26. The average molecular weight is 210 g/mol. The lowest BCUT2D eigenvalue weighted by Gasteiger charge is -2.05. The summed E-state index contributed by atoms with van der Waals surface area (Å²) in [4.78, 5) is 0. The van der Waals surface area contributed by atoms with Crippen molar-refractivity contribution < 1.29 is 0 Å². The van der Waals surface area contributed by atoms with E-state index in [4.69, 9.17) is 0 Å². The van der Waals surface area contributed by atoms with Gasteiger partial charge in [-0.05, 0) is 16.3 Å². The first-order valence-electron chi connectivity index (χ1n) is 5.56. The summed E-state index contributed by atoms with van der Waals surface area (Å²) in [5.74, 6) is 0. The van der Waals surface area contributed by atoms with Crippen LogP contribution in [0, 0.1) is 0 Å². The SMILES string of the molecule is C1=C(Cc2ccc3ccccc3c2)NCN1. The molecule has 0 radical (unpaired) electrons. The molecule has 0 spiro atoms. The summed E-state index contributed by atoms with van der Waals surface area (Å²) in [6.07, 6.45) is 3.02. The van der Waals surface area contributed by atoms with Crippen LogP contribution in [-0.2, 0) is 6.42 Å². The molecular weight excluding hydrogens is 196 g/mol. The number of fused-ring (bicyclic) bond motifs is 1. The Morgan fingerprint density at radius 3 is 2.69 bits per heavy atom. The molecule has 0 bridgehead atoms. The van der Waals surface area contributed by atoms with Crippen molar-refractivity contribution in [2.24, 2.45) is 0 Å². The average Bonchev–Trinajstić information content (AvgIpc) is 2.82. The van der Waals surface area contributed by atoms with E-state index in [1.165, 1.54) is 22.0 Å². The van der Waals surface area contributed by atoms with Crippen LogP contribution < -0.4 is 10.6 Å². The molecule has 0 amide bonds. The van der Waals surface area contributed by atoms with Gasteiger partial charge in [0, 0.05) is 18.3 Å². The summed E-state index contributed by atoms with van der Waals surface area (Å²) in [7, 11) is 0. The van der Waals surface area contributed by atoms with E-state index < -0.39 is 0 Å². The Hall–Kier alpha value is -1.96. The van der Waals surface area contributed by atoms with Crippen LogP contribution in [0.5, 0.6) is 0 Å². The third-order valence-corrected chi connectivity index (χ3v) is 2.90. The number of benzene rings is 2. The molecule has 80 valence electrons. The lowest BCUT2D eigenvalue weighted by atomic mass is 10.0. The Morgan fingerprint density at radius 2 is 1.88 bits per heavy atom. The summed E-state index contributed by atoms with van der Waals surface area (Å²) in [6, 6.07) is 15.1. The van der Waals surface area contributed by atoms with Crippen LogP contribution in [0.1, 0.15) is 5.56 Å². The zero-order valence-corrected chi connectivity index (χ0v) is 9.03. The topological polar surface area (TPSA) is 24.1 Å². The summed E-state index contributed by atoms with van der Waals surface area (Å²) in [5.41, 5.74) is 2.61. The van der Waals surface area contributed by atoms with E-state index in [-0.39, 0.29) is 0 Å². The molecule has 0 atom stereocenters. The zero-order chi connectivity index (χ0) is 10.8. The third kappa shape index (κ3) is 1.74. The second-order valence-corrected chi connectivity index (χ2v) is 4.09. The Morgan fingerprint density at radius 1 is 1.00 bits per heavy atom. The molecule has 2 N–H and O–H groups in total. The second kappa shape index (κ2) is 3.89. The first-order valence-corrected chi connectivity index (χ1v) is 5.56. The van der Waals surface area contributed by atoms with E-state index in [0.717, 1.165) is 13.1 Å². The molecule has 2 heteroatoms. The van der Waals surface area contributed by atoms with Crippen molar-refractivity contribution in [3.63, 3.8) is 0 Å². The lowest BCUT2D eigenvalue weighted by molar-refractivity contribution is 0.797. The molecule has 1 aliphatic heterocycles. The molecule has 0 unspecified atom stereocenters. The van der Waals surface area contributed by atoms with Crippen molar-refractivity contribution in [1.29, 1.82) is 0 Å². The highest BCUT2D eigenvalue weighted by atomic mass is 15.1. The Labute approximate surface area is 95.0 Å². The predicted molar refractivity (Wildman–Crippen MR) is 66.9 cm³/mol. The monoisotopic (exact) mass is 210 g/mol. The van der Waals surface area contributed by atoms with Crippen LogP contribution in [0.25, 0.3) is 10.8 Å². The molecule has 2 aromatic rings. The summed E-state index contributed by atoms with van der Waals surface area (Å²) in [6.45, 7) is 0.850. The first kappa shape index (κ1) is 9.28. The molecule has 0 fully saturated rings. The van der Waals surface area contributed by atoms with Crippen molar-refractivity contribution in [1.82, 2.24) is 10.6 Å². The van der Waals surface area contributed by atoms with Crippen molar-refractivity contribution in [3.05, 3.63) is 59.9 Å². The van der Waals surface area contributed by atoms with E-state index in [1.807, 2.05) is 0 Å². The summed E-state index contributed by atoms with van der Waals surface area (Å²) in [5, 5.41) is 9.07. The van der Waals surface area contributed by atoms with Gasteiger partial charge in [0.1, 0.15) is 0 Å². The molecule has 0 saturated heterocycles.